The summed E-state index contributed by atoms with van der Waals surface area (Å²) in [4.78, 5) is 4.64. The van der Waals surface area contributed by atoms with Crippen LogP contribution in [0.25, 0.3) is 0 Å². The van der Waals surface area contributed by atoms with Crippen molar-refractivity contribution in [2.75, 3.05) is 13.7 Å². The molecular weight excluding hydrogens is 130 g/mol. The summed E-state index contributed by atoms with van der Waals surface area (Å²) in [5.74, 6) is 0. The highest BCUT2D eigenvalue weighted by atomic mass is 16.6. The van der Waals surface area contributed by atoms with Crippen molar-refractivity contribution in [1.82, 2.24) is 5.48 Å². The fraction of sp³-hybridized carbons (Fsp3) is 1.00. The zero-order valence-electron chi connectivity index (χ0n) is 6.39. The Kier molecular flexibility index (Phi) is 2.65. The Labute approximate surface area is 61.3 Å². The molecule has 1 fully saturated rings. The van der Waals surface area contributed by atoms with Crippen LogP contribution in [0.1, 0.15) is 25.7 Å². The van der Waals surface area contributed by atoms with Crippen molar-refractivity contribution in [3.8, 4) is 0 Å². The Bertz CT molecular complexity index is 102. The molecule has 0 unspecified atom stereocenters. The Morgan fingerprint density at radius 3 is 2.70 bits per heavy atom. The van der Waals surface area contributed by atoms with E-state index >= 15 is 0 Å². The standard InChI is InChI=1S/C7H15NO2/c1-10-8-6-5-7(9)3-2-4-7/h8-9H,2-6H2,1H3. The van der Waals surface area contributed by atoms with Gasteiger partial charge in [0.15, 0.2) is 0 Å². The van der Waals surface area contributed by atoms with Gasteiger partial charge in [0.2, 0.25) is 0 Å². The monoisotopic (exact) mass is 145 g/mol. The zero-order valence-corrected chi connectivity index (χ0v) is 6.39. The SMILES string of the molecule is CONCCC1(O)CCC1. The normalized spacial score (nSPS) is 22.2. The highest BCUT2D eigenvalue weighted by Gasteiger charge is 2.33. The first-order chi connectivity index (χ1) is 4.77. The van der Waals surface area contributed by atoms with Crippen LogP contribution in [0.5, 0.6) is 0 Å². The summed E-state index contributed by atoms with van der Waals surface area (Å²) < 4.78 is 0. The molecule has 0 saturated heterocycles. The smallest absolute Gasteiger partial charge is 0.0660 e. The summed E-state index contributed by atoms with van der Waals surface area (Å²) in [6, 6.07) is 0. The molecule has 0 aliphatic heterocycles. The first-order valence-electron chi connectivity index (χ1n) is 3.75. The van der Waals surface area contributed by atoms with Gasteiger partial charge in [-0.15, -0.1) is 0 Å². The van der Waals surface area contributed by atoms with Crippen LogP contribution in [0, 0.1) is 0 Å². The van der Waals surface area contributed by atoms with Crippen LogP contribution in [-0.4, -0.2) is 24.4 Å². The minimum absolute atomic E-state index is 0.370. The summed E-state index contributed by atoms with van der Waals surface area (Å²) in [5, 5.41) is 9.54. The van der Waals surface area contributed by atoms with Gasteiger partial charge in [0.1, 0.15) is 0 Å². The molecule has 0 aromatic carbocycles. The maximum absolute atomic E-state index is 9.54. The van der Waals surface area contributed by atoms with Gasteiger partial charge in [-0.25, -0.2) is 5.48 Å². The first-order valence-corrected chi connectivity index (χ1v) is 3.75. The van der Waals surface area contributed by atoms with E-state index in [1.54, 1.807) is 7.11 Å². The Morgan fingerprint density at radius 2 is 2.30 bits per heavy atom. The largest absolute Gasteiger partial charge is 0.390 e. The lowest BCUT2D eigenvalue weighted by Gasteiger charge is -2.36. The molecule has 0 aromatic rings. The Morgan fingerprint density at radius 1 is 1.60 bits per heavy atom. The molecule has 0 heterocycles. The summed E-state index contributed by atoms with van der Waals surface area (Å²) in [5.41, 5.74) is 2.34. The second kappa shape index (κ2) is 3.32. The van der Waals surface area contributed by atoms with Gasteiger partial charge in [0.05, 0.1) is 12.7 Å². The zero-order chi connectivity index (χ0) is 7.45. The van der Waals surface area contributed by atoms with E-state index in [1.165, 1.54) is 6.42 Å². The molecule has 0 spiro atoms. The Hall–Kier alpha value is -0.120. The van der Waals surface area contributed by atoms with Crippen molar-refractivity contribution in [1.29, 1.82) is 0 Å². The third-order valence-electron chi connectivity index (χ3n) is 2.12. The molecule has 1 aliphatic carbocycles. The van der Waals surface area contributed by atoms with Gasteiger partial charge in [-0.3, -0.25) is 0 Å². The van der Waals surface area contributed by atoms with Gasteiger partial charge in [0.25, 0.3) is 0 Å². The van der Waals surface area contributed by atoms with Gasteiger partial charge in [-0.1, -0.05) is 0 Å². The van der Waals surface area contributed by atoms with Crippen LogP contribution in [0.4, 0.5) is 0 Å². The fourth-order valence-corrected chi connectivity index (χ4v) is 1.22. The number of rotatable bonds is 4. The molecule has 0 radical (unpaired) electrons. The molecule has 0 amide bonds. The van der Waals surface area contributed by atoms with E-state index in [0.717, 1.165) is 25.8 Å². The van der Waals surface area contributed by atoms with Crippen LogP contribution in [0.15, 0.2) is 0 Å². The second-order valence-electron chi connectivity index (χ2n) is 2.93. The predicted octanol–water partition coefficient (Wildman–Crippen LogP) is 0.442. The minimum Gasteiger partial charge on any atom is -0.390 e. The molecule has 0 aromatic heterocycles. The molecule has 10 heavy (non-hydrogen) atoms. The molecule has 3 heteroatoms. The van der Waals surface area contributed by atoms with Crippen LogP contribution in [-0.2, 0) is 4.84 Å². The molecule has 3 nitrogen and oxygen atoms in total. The number of nitrogens with one attached hydrogen (secondary N) is 1. The van der Waals surface area contributed by atoms with E-state index in [4.69, 9.17) is 0 Å². The number of hydroxylamine groups is 1. The lowest BCUT2D eigenvalue weighted by Crippen LogP contribution is -2.39. The van der Waals surface area contributed by atoms with E-state index in [-0.39, 0.29) is 5.60 Å². The van der Waals surface area contributed by atoms with Gasteiger partial charge >= 0.3 is 0 Å². The first kappa shape index (κ1) is 7.98. The highest BCUT2D eigenvalue weighted by Crippen LogP contribution is 2.33. The second-order valence-corrected chi connectivity index (χ2v) is 2.93. The van der Waals surface area contributed by atoms with Crippen LogP contribution < -0.4 is 5.48 Å². The summed E-state index contributed by atoms with van der Waals surface area (Å²) >= 11 is 0. The van der Waals surface area contributed by atoms with Crippen molar-refractivity contribution >= 4 is 0 Å². The third-order valence-corrected chi connectivity index (χ3v) is 2.12. The molecule has 1 saturated carbocycles. The van der Waals surface area contributed by atoms with Crippen LogP contribution in [0.2, 0.25) is 0 Å². The maximum Gasteiger partial charge on any atom is 0.0660 e. The lowest BCUT2D eigenvalue weighted by molar-refractivity contribution is -0.0485. The van der Waals surface area contributed by atoms with E-state index in [1.807, 2.05) is 0 Å². The molecule has 0 atom stereocenters. The van der Waals surface area contributed by atoms with Crippen molar-refractivity contribution < 1.29 is 9.94 Å². The highest BCUT2D eigenvalue weighted by molar-refractivity contribution is 4.87. The molecular formula is C7H15NO2. The molecule has 1 rings (SSSR count). The average molecular weight is 145 g/mol. The molecule has 0 bridgehead atoms. The molecule has 2 N–H and O–H groups in total. The van der Waals surface area contributed by atoms with Crippen molar-refractivity contribution in [3.05, 3.63) is 0 Å². The number of aliphatic hydroxyl groups is 1. The summed E-state index contributed by atoms with van der Waals surface area (Å²) in [6.45, 7) is 0.743. The van der Waals surface area contributed by atoms with Gasteiger partial charge in [0, 0.05) is 6.54 Å². The maximum atomic E-state index is 9.54. The predicted molar refractivity (Wildman–Crippen MR) is 38.4 cm³/mol. The van der Waals surface area contributed by atoms with Crippen LogP contribution >= 0.6 is 0 Å². The van der Waals surface area contributed by atoms with Gasteiger partial charge < -0.3 is 9.94 Å². The number of hydrogen-bond acceptors (Lipinski definition) is 3. The quantitative estimate of drug-likeness (QED) is 0.445. The molecule has 1 aliphatic rings. The van der Waals surface area contributed by atoms with E-state index in [0.29, 0.717) is 0 Å². The molecule has 60 valence electrons. The van der Waals surface area contributed by atoms with Crippen molar-refractivity contribution in [2.24, 2.45) is 0 Å². The Balaban J connectivity index is 2.01. The minimum atomic E-state index is -0.370. The van der Waals surface area contributed by atoms with Gasteiger partial charge in [-0.2, -0.15) is 0 Å². The van der Waals surface area contributed by atoms with E-state index in [2.05, 4.69) is 10.3 Å². The summed E-state index contributed by atoms with van der Waals surface area (Å²) in [6.07, 6.45) is 3.89. The fourth-order valence-electron chi connectivity index (χ4n) is 1.22. The van der Waals surface area contributed by atoms with E-state index in [9.17, 15) is 5.11 Å². The topological polar surface area (TPSA) is 41.5 Å². The lowest BCUT2D eigenvalue weighted by atomic mass is 9.78. The van der Waals surface area contributed by atoms with Crippen molar-refractivity contribution in [3.63, 3.8) is 0 Å². The number of hydrogen-bond donors (Lipinski definition) is 2. The van der Waals surface area contributed by atoms with Crippen molar-refractivity contribution in [2.45, 2.75) is 31.3 Å². The summed E-state index contributed by atoms with van der Waals surface area (Å²) in [7, 11) is 1.59. The van der Waals surface area contributed by atoms with Gasteiger partial charge in [-0.05, 0) is 25.7 Å². The third kappa shape index (κ3) is 1.94. The van der Waals surface area contributed by atoms with Crippen LogP contribution in [0.3, 0.4) is 0 Å². The van der Waals surface area contributed by atoms with E-state index < -0.39 is 0 Å². The average Bonchev–Trinajstić information content (AvgIpc) is 1.85.